The van der Waals surface area contributed by atoms with Crippen LogP contribution in [-0.2, 0) is 6.54 Å². The molecule has 0 unspecified atom stereocenters. The molecular weight excluding hydrogens is 232 g/mol. The van der Waals surface area contributed by atoms with Gasteiger partial charge in [0.1, 0.15) is 0 Å². The fourth-order valence-electron chi connectivity index (χ4n) is 1.74. The average Bonchev–Trinajstić information content (AvgIpc) is 2.81. The Bertz CT molecular complexity index is 355. The van der Waals surface area contributed by atoms with Gasteiger partial charge in [0, 0.05) is 6.07 Å². The summed E-state index contributed by atoms with van der Waals surface area (Å²) in [5.74, 6) is -0.418. The topological polar surface area (TPSA) is 66.6 Å². The maximum atomic E-state index is 10.7. The molecule has 0 bridgehead atoms. The third-order valence-electron chi connectivity index (χ3n) is 2.81. The summed E-state index contributed by atoms with van der Waals surface area (Å²) in [5, 5.41) is 12.3. The molecule has 1 aromatic heterocycles. The van der Waals surface area contributed by atoms with Crippen LogP contribution in [0.3, 0.4) is 0 Å². The fourth-order valence-corrected chi connectivity index (χ4v) is 1.74. The van der Waals surface area contributed by atoms with Crippen molar-refractivity contribution in [3.05, 3.63) is 17.5 Å². The highest BCUT2D eigenvalue weighted by Crippen LogP contribution is 2.09. The van der Waals surface area contributed by atoms with Crippen molar-refractivity contribution < 1.29 is 14.4 Å². The highest BCUT2D eigenvalue weighted by Gasteiger charge is 2.13. The molecule has 0 aliphatic rings. The molecule has 0 radical (unpaired) electrons. The minimum atomic E-state index is -1.04. The lowest BCUT2D eigenvalue weighted by atomic mass is 10.2. The Morgan fingerprint density at radius 3 is 2.39 bits per heavy atom. The summed E-state index contributed by atoms with van der Waals surface area (Å²) in [6.45, 7) is 6.99. The van der Waals surface area contributed by atoms with Crippen molar-refractivity contribution >= 4 is 5.97 Å². The highest BCUT2D eigenvalue weighted by atomic mass is 16.5. The van der Waals surface area contributed by atoms with E-state index >= 15 is 0 Å². The van der Waals surface area contributed by atoms with Gasteiger partial charge in [-0.25, -0.2) is 4.79 Å². The summed E-state index contributed by atoms with van der Waals surface area (Å²) in [6.07, 6.45) is 4.59. The van der Waals surface area contributed by atoms with Gasteiger partial charge in [-0.05, 0) is 25.9 Å². The zero-order chi connectivity index (χ0) is 13.4. The maximum absolute atomic E-state index is 10.7. The number of aromatic nitrogens is 1. The monoisotopic (exact) mass is 254 g/mol. The number of nitrogens with zero attached hydrogens (tertiary/aromatic N) is 2. The molecule has 0 aromatic carbocycles. The first-order chi connectivity index (χ1) is 8.67. The van der Waals surface area contributed by atoms with E-state index in [2.05, 4.69) is 23.9 Å². The smallest absolute Gasteiger partial charge is 0.358 e. The van der Waals surface area contributed by atoms with Crippen LogP contribution in [0, 0.1) is 0 Å². The van der Waals surface area contributed by atoms with Crippen LogP contribution < -0.4 is 0 Å². The summed E-state index contributed by atoms with van der Waals surface area (Å²) < 4.78 is 5.04. The predicted octanol–water partition coefficient (Wildman–Crippen LogP) is 2.78. The molecule has 0 amide bonds. The summed E-state index contributed by atoms with van der Waals surface area (Å²) in [5.41, 5.74) is -0.0177. The summed E-state index contributed by atoms with van der Waals surface area (Å²) in [4.78, 5) is 13.0. The van der Waals surface area contributed by atoms with Gasteiger partial charge < -0.3 is 9.63 Å². The molecule has 0 fully saturated rings. The lowest BCUT2D eigenvalue weighted by molar-refractivity contribution is 0.0685. The number of carbonyl (C=O) groups is 1. The Labute approximate surface area is 108 Å². The number of rotatable bonds is 9. The van der Waals surface area contributed by atoms with Crippen LogP contribution in [0.25, 0.3) is 0 Å². The normalized spacial score (nSPS) is 11.1. The minimum Gasteiger partial charge on any atom is -0.476 e. The predicted molar refractivity (Wildman–Crippen MR) is 68.6 cm³/mol. The average molecular weight is 254 g/mol. The van der Waals surface area contributed by atoms with E-state index in [0.717, 1.165) is 38.8 Å². The van der Waals surface area contributed by atoms with Crippen LogP contribution in [0.2, 0.25) is 0 Å². The minimum absolute atomic E-state index is 0.0177. The Morgan fingerprint density at radius 1 is 1.33 bits per heavy atom. The third-order valence-corrected chi connectivity index (χ3v) is 2.81. The van der Waals surface area contributed by atoms with Crippen molar-refractivity contribution in [3.8, 4) is 0 Å². The van der Waals surface area contributed by atoms with Gasteiger partial charge in [0.05, 0.1) is 6.54 Å². The first-order valence-electron chi connectivity index (χ1n) is 6.58. The molecule has 0 aliphatic heterocycles. The highest BCUT2D eigenvalue weighted by molar-refractivity contribution is 5.85. The summed E-state index contributed by atoms with van der Waals surface area (Å²) in [6, 6.07) is 1.51. The van der Waals surface area contributed by atoms with Crippen molar-refractivity contribution in [1.82, 2.24) is 10.1 Å². The Kier molecular flexibility index (Phi) is 6.43. The van der Waals surface area contributed by atoms with E-state index < -0.39 is 5.97 Å². The van der Waals surface area contributed by atoms with Gasteiger partial charge in [-0.2, -0.15) is 0 Å². The van der Waals surface area contributed by atoms with Crippen LogP contribution in [-0.4, -0.2) is 34.2 Å². The first-order valence-corrected chi connectivity index (χ1v) is 6.58. The molecule has 5 nitrogen and oxygen atoms in total. The zero-order valence-corrected chi connectivity index (χ0v) is 11.2. The molecule has 0 spiro atoms. The standard InChI is InChI=1S/C13H22N2O3/c1-3-5-7-15(8-6-4-2)10-11-9-12(13(16)17)14-18-11/h9H,3-8,10H2,1-2H3,(H,16,17). The number of hydrogen-bond acceptors (Lipinski definition) is 4. The van der Waals surface area contributed by atoms with Crippen LogP contribution in [0.1, 0.15) is 55.8 Å². The quantitative estimate of drug-likeness (QED) is 0.734. The summed E-state index contributed by atoms with van der Waals surface area (Å²) in [7, 11) is 0. The lowest BCUT2D eigenvalue weighted by Gasteiger charge is -2.20. The lowest BCUT2D eigenvalue weighted by Crippen LogP contribution is -2.25. The molecule has 0 atom stereocenters. The van der Waals surface area contributed by atoms with E-state index in [-0.39, 0.29) is 5.69 Å². The molecule has 1 rings (SSSR count). The first kappa shape index (κ1) is 14.7. The Hall–Kier alpha value is -1.36. The molecule has 1 N–H and O–H groups in total. The molecule has 1 heterocycles. The Morgan fingerprint density at radius 2 is 1.94 bits per heavy atom. The number of unbranched alkanes of at least 4 members (excludes halogenated alkanes) is 2. The maximum Gasteiger partial charge on any atom is 0.358 e. The molecule has 18 heavy (non-hydrogen) atoms. The summed E-state index contributed by atoms with van der Waals surface area (Å²) >= 11 is 0. The van der Waals surface area contributed by atoms with Gasteiger partial charge in [-0.1, -0.05) is 31.8 Å². The van der Waals surface area contributed by atoms with Gasteiger partial charge in [-0.15, -0.1) is 0 Å². The fraction of sp³-hybridized carbons (Fsp3) is 0.692. The number of hydrogen-bond donors (Lipinski definition) is 1. The van der Waals surface area contributed by atoms with Crippen molar-refractivity contribution in [1.29, 1.82) is 0 Å². The van der Waals surface area contributed by atoms with Gasteiger partial charge >= 0.3 is 5.97 Å². The van der Waals surface area contributed by atoms with Crippen LogP contribution in [0.5, 0.6) is 0 Å². The molecule has 1 aromatic rings. The number of carboxylic acid groups (broad SMARTS) is 1. The van der Waals surface area contributed by atoms with Gasteiger partial charge in [0.25, 0.3) is 0 Å². The van der Waals surface area contributed by atoms with Crippen LogP contribution in [0.4, 0.5) is 0 Å². The zero-order valence-electron chi connectivity index (χ0n) is 11.2. The number of aromatic carboxylic acids is 1. The van der Waals surface area contributed by atoms with Crippen molar-refractivity contribution in [2.75, 3.05) is 13.1 Å². The van der Waals surface area contributed by atoms with Crippen molar-refractivity contribution in [3.63, 3.8) is 0 Å². The van der Waals surface area contributed by atoms with E-state index in [9.17, 15) is 4.79 Å². The largest absolute Gasteiger partial charge is 0.476 e. The second kappa shape index (κ2) is 7.87. The molecule has 0 aliphatic carbocycles. The van der Waals surface area contributed by atoms with E-state index in [4.69, 9.17) is 9.63 Å². The molecule has 102 valence electrons. The van der Waals surface area contributed by atoms with Crippen LogP contribution in [0.15, 0.2) is 10.6 Å². The SMILES string of the molecule is CCCCN(CCCC)Cc1cc(C(=O)O)no1. The van der Waals surface area contributed by atoms with E-state index in [0.29, 0.717) is 12.3 Å². The molecule has 5 heteroatoms. The second-order valence-corrected chi connectivity index (χ2v) is 4.47. The van der Waals surface area contributed by atoms with Gasteiger partial charge in [-0.3, -0.25) is 4.90 Å². The van der Waals surface area contributed by atoms with E-state index in [1.54, 1.807) is 0 Å². The van der Waals surface area contributed by atoms with Crippen molar-refractivity contribution in [2.24, 2.45) is 0 Å². The van der Waals surface area contributed by atoms with E-state index in [1.807, 2.05) is 0 Å². The van der Waals surface area contributed by atoms with Gasteiger partial charge in [0.2, 0.25) is 0 Å². The van der Waals surface area contributed by atoms with Crippen molar-refractivity contribution in [2.45, 2.75) is 46.1 Å². The molecular formula is C13H22N2O3. The third kappa shape index (κ3) is 4.87. The van der Waals surface area contributed by atoms with Gasteiger partial charge in [0.15, 0.2) is 11.5 Å². The van der Waals surface area contributed by atoms with Crippen LogP contribution >= 0.6 is 0 Å². The molecule has 0 saturated heterocycles. The van der Waals surface area contributed by atoms with E-state index in [1.165, 1.54) is 6.07 Å². The molecule has 0 saturated carbocycles. The second-order valence-electron chi connectivity index (χ2n) is 4.47. The number of carboxylic acids is 1. The Balaban J connectivity index is 2.54.